The molecule has 0 aromatic heterocycles. The summed E-state index contributed by atoms with van der Waals surface area (Å²) in [5.74, 6) is -1.22. The van der Waals surface area contributed by atoms with Crippen LogP contribution in [0.25, 0.3) is 0 Å². The second-order valence-electron chi connectivity index (χ2n) is 6.27. The molecule has 0 spiro atoms. The third kappa shape index (κ3) is 6.47. The second kappa shape index (κ2) is 10.0. The highest BCUT2D eigenvalue weighted by Crippen LogP contribution is 2.20. The third-order valence-corrected chi connectivity index (χ3v) is 5.16. The fraction of sp³-hybridized carbons (Fsp3) is 0.300. The van der Waals surface area contributed by atoms with Gasteiger partial charge in [0.25, 0.3) is 5.91 Å². The van der Waals surface area contributed by atoms with E-state index in [2.05, 4.69) is 5.32 Å². The lowest BCUT2D eigenvalue weighted by Crippen LogP contribution is -2.31. The number of amides is 1. The molecule has 0 bridgehead atoms. The zero-order valence-corrected chi connectivity index (χ0v) is 16.4. The van der Waals surface area contributed by atoms with E-state index in [1.54, 1.807) is 12.1 Å². The van der Waals surface area contributed by atoms with Gasteiger partial charge in [0.1, 0.15) is 0 Å². The summed E-state index contributed by atoms with van der Waals surface area (Å²) in [5, 5.41) is 7.72. The van der Waals surface area contributed by atoms with Gasteiger partial charge in [-0.05, 0) is 36.1 Å². The smallest absolute Gasteiger partial charge is 0.313 e. The van der Waals surface area contributed by atoms with Gasteiger partial charge in [-0.1, -0.05) is 49.4 Å². The maximum absolute atomic E-state index is 12.2. The van der Waals surface area contributed by atoms with Crippen LogP contribution in [-0.2, 0) is 30.8 Å². The predicted molar refractivity (Wildman–Crippen MR) is 105 cm³/mol. The van der Waals surface area contributed by atoms with Crippen LogP contribution in [-0.4, -0.2) is 33.4 Å². The van der Waals surface area contributed by atoms with Gasteiger partial charge < -0.3 is 10.1 Å². The van der Waals surface area contributed by atoms with Crippen molar-refractivity contribution in [1.29, 1.82) is 0 Å². The average Bonchev–Trinajstić information content (AvgIpc) is 2.67. The molecule has 150 valence electrons. The quantitative estimate of drug-likeness (QED) is 0.618. The molecule has 8 heteroatoms. The number of hydrogen-bond acceptors (Lipinski definition) is 5. The van der Waals surface area contributed by atoms with Crippen LogP contribution in [0.2, 0.25) is 0 Å². The van der Waals surface area contributed by atoms with E-state index in [1.807, 2.05) is 37.3 Å². The van der Waals surface area contributed by atoms with Crippen molar-refractivity contribution in [3.63, 3.8) is 0 Å². The Morgan fingerprint density at radius 3 is 2.29 bits per heavy atom. The molecule has 1 amide bonds. The van der Waals surface area contributed by atoms with E-state index in [4.69, 9.17) is 9.88 Å². The second-order valence-corrected chi connectivity index (χ2v) is 7.83. The number of esters is 1. The fourth-order valence-electron chi connectivity index (χ4n) is 2.70. The number of nitrogens with one attached hydrogen (secondary N) is 1. The van der Waals surface area contributed by atoms with Gasteiger partial charge in [-0.25, -0.2) is 13.6 Å². The van der Waals surface area contributed by atoms with Gasteiger partial charge in [0.15, 0.2) is 6.61 Å². The first kappa shape index (κ1) is 21.6. The molecule has 0 saturated heterocycles. The molecule has 0 heterocycles. The molecule has 0 fully saturated rings. The van der Waals surface area contributed by atoms with Crippen LogP contribution < -0.4 is 10.5 Å². The first-order valence-electron chi connectivity index (χ1n) is 8.91. The molecule has 2 aromatic carbocycles. The van der Waals surface area contributed by atoms with Crippen molar-refractivity contribution in [2.45, 2.75) is 30.6 Å². The van der Waals surface area contributed by atoms with E-state index < -0.39 is 27.8 Å². The zero-order valence-electron chi connectivity index (χ0n) is 15.6. The van der Waals surface area contributed by atoms with Gasteiger partial charge in [0.05, 0.1) is 10.8 Å². The maximum atomic E-state index is 12.2. The summed E-state index contributed by atoms with van der Waals surface area (Å²) in [6, 6.07) is 15.4. The summed E-state index contributed by atoms with van der Waals surface area (Å²) in [6.45, 7) is 1.88. The Kier molecular flexibility index (Phi) is 7.71. The Morgan fingerprint density at radius 2 is 1.71 bits per heavy atom. The largest absolute Gasteiger partial charge is 0.455 e. The first-order chi connectivity index (χ1) is 13.3. The summed E-state index contributed by atoms with van der Waals surface area (Å²) in [7, 11) is -3.72. The molecule has 7 nitrogen and oxygen atoms in total. The number of sulfonamides is 1. The number of nitrogens with two attached hydrogens (primary N) is 1. The lowest BCUT2D eigenvalue weighted by molar-refractivity contribution is -0.150. The molecule has 0 aliphatic rings. The summed E-state index contributed by atoms with van der Waals surface area (Å²) in [5.41, 5.74) is 1.71. The van der Waals surface area contributed by atoms with E-state index in [0.29, 0.717) is 19.4 Å². The van der Waals surface area contributed by atoms with Crippen molar-refractivity contribution in [3.8, 4) is 0 Å². The van der Waals surface area contributed by atoms with Gasteiger partial charge >= 0.3 is 5.97 Å². The van der Waals surface area contributed by atoms with E-state index in [-0.39, 0.29) is 11.5 Å². The van der Waals surface area contributed by atoms with Crippen LogP contribution in [0.1, 0.15) is 30.4 Å². The minimum atomic E-state index is -3.72. The Morgan fingerprint density at radius 1 is 1.07 bits per heavy atom. The molecule has 0 saturated carbocycles. The van der Waals surface area contributed by atoms with E-state index in [0.717, 1.165) is 11.1 Å². The van der Waals surface area contributed by atoms with Crippen LogP contribution >= 0.6 is 0 Å². The van der Waals surface area contributed by atoms with Crippen LogP contribution in [0.15, 0.2) is 59.5 Å². The summed E-state index contributed by atoms with van der Waals surface area (Å²) < 4.78 is 27.6. The molecule has 0 unspecified atom stereocenters. The van der Waals surface area contributed by atoms with Crippen LogP contribution in [0.3, 0.4) is 0 Å². The number of hydrogen-bond donors (Lipinski definition) is 2. The molecule has 28 heavy (non-hydrogen) atoms. The number of primary sulfonamides is 1. The lowest BCUT2D eigenvalue weighted by Gasteiger charge is -2.14. The molecule has 0 aliphatic carbocycles. The minimum absolute atomic E-state index is 0.0380. The molecule has 3 N–H and O–H groups in total. The Labute approximate surface area is 164 Å². The number of benzene rings is 2. The van der Waals surface area contributed by atoms with Crippen LogP contribution in [0.5, 0.6) is 0 Å². The Hall–Kier alpha value is -2.71. The van der Waals surface area contributed by atoms with E-state index in [9.17, 15) is 18.0 Å². The topological polar surface area (TPSA) is 116 Å². The number of rotatable bonds is 9. The highest BCUT2D eigenvalue weighted by molar-refractivity contribution is 7.89. The monoisotopic (exact) mass is 404 g/mol. The predicted octanol–water partition coefficient (Wildman–Crippen LogP) is 1.73. The highest BCUT2D eigenvalue weighted by Gasteiger charge is 2.20. The van der Waals surface area contributed by atoms with Crippen molar-refractivity contribution in [3.05, 3.63) is 65.7 Å². The number of ether oxygens (including phenoxy) is 1. The molecule has 2 rings (SSSR count). The third-order valence-electron chi connectivity index (χ3n) is 4.23. The normalized spacial score (nSPS) is 12.2. The molecular weight excluding hydrogens is 380 g/mol. The van der Waals surface area contributed by atoms with Gasteiger partial charge in [-0.15, -0.1) is 0 Å². The van der Waals surface area contributed by atoms with Gasteiger partial charge in [0.2, 0.25) is 10.0 Å². The molecule has 2 aromatic rings. The van der Waals surface area contributed by atoms with Gasteiger partial charge in [0, 0.05) is 6.54 Å². The maximum Gasteiger partial charge on any atom is 0.313 e. The van der Waals surface area contributed by atoms with Crippen LogP contribution in [0, 0.1) is 0 Å². The summed E-state index contributed by atoms with van der Waals surface area (Å²) in [6.07, 6.45) is 1.09. The lowest BCUT2D eigenvalue weighted by atomic mass is 9.97. The molecular formula is C20H24N2O5S. The molecule has 0 radical (unpaired) electrons. The van der Waals surface area contributed by atoms with E-state index >= 15 is 0 Å². The van der Waals surface area contributed by atoms with E-state index in [1.165, 1.54) is 12.1 Å². The Balaban J connectivity index is 1.76. The molecule has 1 atom stereocenters. The van der Waals surface area contributed by atoms with Gasteiger partial charge in [-0.3, -0.25) is 9.59 Å². The average molecular weight is 404 g/mol. The first-order valence-corrected chi connectivity index (χ1v) is 10.5. The zero-order chi connectivity index (χ0) is 20.6. The fourth-order valence-corrected chi connectivity index (χ4v) is 3.22. The SMILES string of the molecule is CC[C@@H](C(=O)OCC(=O)NCCc1ccc(S(N)(=O)=O)cc1)c1ccccc1. The van der Waals surface area contributed by atoms with Crippen molar-refractivity contribution in [2.75, 3.05) is 13.2 Å². The Bertz CT molecular complexity index is 896. The van der Waals surface area contributed by atoms with Crippen molar-refractivity contribution in [2.24, 2.45) is 5.14 Å². The summed E-state index contributed by atoms with van der Waals surface area (Å²) >= 11 is 0. The standard InChI is InChI=1S/C20H24N2O5S/c1-2-18(16-6-4-3-5-7-16)20(24)27-14-19(23)22-13-12-15-8-10-17(11-9-15)28(21,25)26/h3-11,18H,2,12-14H2,1H3,(H,22,23)(H2,21,25,26)/t18-/m1/s1. The summed E-state index contributed by atoms with van der Waals surface area (Å²) in [4.78, 5) is 24.2. The number of carbonyl (C=O) groups excluding carboxylic acids is 2. The van der Waals surface area contributed by atoms with Crippen molar-refractivity contribution < 1.29 is 22.7 Å². The van der Waals surface area contributed by atoms with Gasteiger partial charge in [-0.2, -0.15) is 0 Å². The van der Waals surface area contributed by atoms with Crippen molar-refractivity contribution in [1.82, 2.24) is 5.32 Å². The highest BCUT2D eigenvalue weighted by atomic mass is 32.2. The number of carbonyl (C=O) groups is 2. The van der Waals surface area contributed by atoms with Crippen molar-refractivity contribution >= 4 is 21.9 Å². The molecule has 0 aliphatic heterocycles. The van der Waals surface area contributed by atoms with Crippen LogP contribution in [0.4, 0.5) is 0 Å². The minimum Gasteiger partial charge on any atom is -0.455 e.